The van der Waals surface area contributed by atoms with Crippen LogP contribution in [0.5, 0.6) is 11.5 Å². The van der Waals surface area contributed by atoms with Gasteiger partial charge >= 0.3 is 0 Å². The van der Waals surface area contributed by atoms with E-state index >= 15 is 0 Å². The summed E-state index contributed by atoms with van der Waals surface area (Å²) in [5, 5.41) is 13.9. The van der Waals surface area contributed by atoms with Gasteiger partial charge in [0.05, 0.1) is 6.10 Å². The molecule has 1 aliphatic rings. The first-order chi connectivity index (χ1) is 11.4. The van der Waals surface area contributed by atoms with E-state index < -0.39 is 16.1 Å². The summed E-state index contributed by atoms with van der Waals surface area (Å²) < 4.78 is 42.8. The van der Waals surface area contributed by atoms with Gasteiger partial charge in [-0.2, -0.15) is 0 Å². The first kappa shape index (κ1) is 16.7. The molecular weight excluding hydrogens is 336 g/mol. The molecule has 3 rings (SSSR count). The van der Waals surface area contributed by atoms with Crippen molar-refractivity contribution in [3.63, 3.8) is 0 Å². The number of fused-ring (bicyclic) bond motifs is 1. The molecule has 0 aliphatic carbocycles. The maximum Gasteiger partial charge on any atom is 0.246 e. The number of nitrogens with one attached hydrogen (secondary N) is 1. The standard InChI is InChI=1S/C15H18N2O6S/c1-9-15(10(2)23-17-9)24(19,20)16-8-12(18)11-3-4-13-14(7-11)22-6-5-21-13/h3-4,7,12,16,18H,5-6,8H2,1-2H3. The number of ether oxygens (including phenoxy) is 2. The number of benzene rings is 1. The maximum atomic E-state index is 12.3. The van der Waals surface area contributed by atoms with Gasteiger partial charge in [0.1, 0.15) is 23.8 Å². The van der Waals surface area contributed by atoms with Crippen molar-refractivity contribution in [1.82, 2.24) is 9.88 Å². The van der Waals surface area contributed by atoms with Crippen LogP contribution in [0.15, 0.2) is 27.6 Å². The first-order valence-electron chi connectivity index (χ1n) is 7.38. The number of nitrogens with zero attached hydrogens (tertiary/aromatic N) is 1. The van der Waals surface area contributed by atoms with E-state index in [0.29, 0.717) is 30.3 Å². The summed E-state index contributed by atoms with van der Waals surface area (Å²) in [5.41, 5.74) is 0.800. The number of aryl methyl sites for hydroxylation is 2. The fourth-order valence-corrected chi connectivity index (χ4v) is 3.87. The number of aromatic nitrogens is 1. The molecular formula is C15H18N2O6S. The SMILES string of the molecule is Cc1noc(C)c1S(=O)(=O)NCC(O)c1ccc2c(c1)OCCO2. The summed E-state index contributed by atoms with van der Waals surface area (Å²) >= 11 is 0. The van der Waals surface area contributed by atoms with Gasteiger partial charge in [-0.1, -0.05) is 11.2 Å². The minimum atomic E-state index is -3.82. The predicted molar refractivity (Wildman–Crippen MR) is 83.6 cm³/mol. The maximum absolute atomic E-state index is 12.3. The van der Waals surface area contributed by atoms with Crippen LogP contribution in [-0.4, -0.2) is 38.4 Å². The molecule has 2 N–H and O–H groups in total. The minimum Gasteiger partial charge on any atom is -0.486 e. The second-order valence-electron chi connectivity index (χ2n) is 5.42. The van der Waals surface area contributed by atoms with Gasteiger partial charge in [0, 0.05) is 6.54 Å². The molecule has 0 saturated carbocycles. The van der Waals surface area contributed by atoms with Crippen LogP contribution in [0.3, 0.4) is 0 Å². The van der Waals surface area contributed by atoms with E-state index in [0.717, 1.165) is 0 Å². The molecule has 9 heteroatoms. The Morgan fingerprint density at radius 3 is 2.62 bits per heavy atom. The number of hydrogen-bond acceptors (Lipinski definition) is 7. The highest BCUT2D eigenvalue weighted by Crippen LogP contribution is 2.32. The zero-order valence-electron chi connectivity index (χ0n) is 13.3. The number of aliphatic hydroxyl groups is 1. The van der Waals surface area contributed by atoms with E-state index in [1.54, 1.807) is 25.1 Å². The molecule has 130 valence electrons. The van der Waals surface area contributed by atoms with Crippen molar-refractivity contribution in [1.29, 1.82) is 0 Å². The van der Waals surface area contributed by atoms with Gasteiger partial charge in [-0.15, -0.1) is 0 Å². The molecule has 0 bridgehead atoms. The molecule has 1 aliphatic heterocycles. The fourth-order valence-electron chi connectivity index (χ4n) is 2.50. The third-order valence-corrected chi connectivity index (χ3v) is 5.32. The van der Waals surface area contributed by atoms with E-state index in [9.17, 15) is 13.5 Å². The van der Waals surface area contributed by atoms with Gasteiger partial charge in [0.25, 0.3) is 0 Å². The highest BCUT2D eigenvalue weighted by atomic mass is 32.2. The largest absolute Gasteiger partial charge is 0.486 e. The Hall–Kier alpha value is -2.10. The number of rotatable bonds is 5. The topological polar surface area (TPSA) is 111 Å². The lowest BCUT2D eigenvalue weighted by Gasteiger charge is -2.20. The summed E-state index contributed by atoms with van der Waals surface area (Å²) in [6.07, 6.45) is -1.03. The van der Waals surface area contributed by atoms with Crippen molar-refractivity contribution in [2.45, 2.75) is 24.8 Å². The molecule has 0 radical (unpaired) electrons. The van der Waals surface area contributed by atoms with Crippen molar-refractivity contribution >= 4 is 10.0 Å². The van der Waals surface area contributed by atoms with E-state index in [1.807, 2.05) is 0 Å². The average Bonchev–Trinajstić information content (AvgIpc) is 2.91. The van der Waals surface area contributed by atoms with Gasteiger partial charge in [-0.25, -0.2) is 13.1 Å². The summed E-state index contributed by atoms with van der Waals surface area (Å²) in [5.74, 6) is 1.34. The lowest BCUT2D eigenvalue weighted by atomic mass is 10.1. The van der Waals surface area contributed by atoms with Crippen LogP contribution in [0.25, 0.3) is 0 Å². The number of sulfonamides is 1. The van der Waals surface area contributed by atoms with Gasteiger partial charge < -0.3 is 19.1 Å². The second kappa shape index (κ2) is 6.42. The molecule has 1 aromatic heterocycles. The fraction of sp³-hybridized carbons (Fsp3) is 0.400. The Morgan fingerprint density at radius 2 is 1.96 bits per heavy atom. The van der Waals surface area contributed by atoms with Crippen LogP contribution in [-0.2, 0) is 10.0 Å². The summed E-state index contributed by atoms with van der Waals surface area (Å²) in [6, 6.07) is 5.00. The van der Waals surface area contributed by atoms with Crippen molar-refractivity contribution in [3.8, 4) is 11.5 Å². The molecule has 24 heavy (non-hydrogen) atoms. The van der Waals surface area contributed by atoms with E-state index in [2.05, 4.69) is 9.88 Å². The normalized spacial score (nSPS) is 15.3. The molecule has 0 spiro atoms. The van der Waals surface area contributed by atoms with Crippen molar-refractivity contribution in [3.05, 3.63) is 35.2 Å². The lowest BCUT2D eigenvalue weighted by Crippen LogP contribution is -2.29. The number of aliphatic hydroxyl groups excluding tert-OH is 1. The summed E-state index contributed by atoms with van der Waals surface area (Å²) in [4.78, 5) is -0.00289. The quantitative estimate of drug-likeness (QED) is 0.826. The first-order valence-corrected chi connectivity index (χ1v) is 8.87. The smallest absolute Gasteiger partial charge is 0.246 e. The molecule has 0 saturated heterocycles. The Labute approximate surface area is 139 Å². The Morgan fingerprint density at radius 1 is 1.25 bits per heavy atom. The number of hydrogen-bond donors (Lipinski definition) is 2. The molecule has 2 aromatic rings. The van der Waals surface area contributed by atoms with E-state index in [4.69, 9.17) is 14.0 Å². The van der Waals surface area contributed by atoms with Crippen LogP contribution >= 0.6 is 0 Å². The summed E-state index contributed by atoms with van der Waals surface area (Å²) in [7, 11) is -3.82. The van der Waals surface area contributed by atoms with Crippen LogP contribution < -0.4 is 14.2 Å². The monoisotopic (exact) mass is 354 g/mol. The third-order valence-electron chi connectivity index (χ3n) is 3.65. The molecule has 1 atom stereocenters. The minimum absolute atomic E-state index is 0.00289. The molecule has 2 heterocycles. The third kappa shape index (κ3) is 3.23. The van der Waals surface area contributed by atoms with Crippen molar-refractivity contribution < 1.29 is 27.5 Å². The lowest BCUT2D eigenvalue weighted by molar-refractivity contribution is 0.165. The summed E-state index contributed by atoms with van der Waals surface area (Å²) in [6.45, 7) is 3.79. The molecule has 0 amide bonds. The molecule has 0 fully saturated rings. The molecule has 1 aromatic carbocycles. The van der Waals surface area contributed by atoms with Gasteiger partial charge in [-0.05, 0) is 31.5 Å². The Balaban J connectivity index is 1.72. The highest BCUT2D eigenvalue weighted by molar-refractivity contribution is 7.89. The zero-order chi connectivity index (χ0) is 17.3. The van der Waals surface area contributed by atoms with Crippen LogP contribution in [0.2, 0.25) is 0 Å². The van der Waals surface area contributed by atoms with Crippen LogP contribution in [0, 0.1) is 13.8 Å². The predicted octanol–water partition coefficient (Wildman–Crippen LogP) is 1.07. The van der Waals surface area contributed by atoms with E-state index in [-0.39, 0.29) is 22.9 Å². The zero-order valence-corrected chi connectivity index (χ0v) is 14.1. The highest BCUT2D eigenvalue weighted by Gasteiger charge is 2.25. The molecule has 1 unspecified atom stereocenters. The van der Waals surface area contributed by atoms with Gasteiger partial charge in [0.15, 0.2) is 17.3 Å². The van der Waals surface area contributed by atoms with Crippen molar-refractivity contribution in [2.24, 2.45) is 0 Å². The van der Waals surface area contributed by atoms with Gasteiger partial charge in [-0.3, -0.25) is 0 Å². The second-order valence-corrected chi connectivity index (χ2v) is 7.13. The van der Waals surface area contributed by atoms with Crippen LogP contribution in [0.4, 0.5) is 0 Å². The van der Waals surface area contributed by atoms with Crippen LogP contribution in [0.1, 0.15) is 23.1 Å². The van der Waals surface area contributed by atoms with Gasteiger partial charge in [0.2, 0.25) is 10.0 Å². The Kier molecular flexibility index (Phi) is 4.48. The average molecular weight is 354 g/mol. The van der Waals surface area contributed by atoms with Crippen molar-refractivity contribution in [2.75, 3.05) is 19.8 Å². The molecule has 8 nitrogen and oxygen atoms in total. The van der Waals surface area contributed by atoms with E-state index in [1.165, 1.54) is 6.92 Å². The Bertz CT molecular complexity index is 826.